The van der Waals surface area contributed by atoms with Crippen molar-refractivity contribution in [3.63, 3.8) is 0 Å². The van der Waals surface area contributed by atoms with Crippen molar-refractivity contribution in [2.75, 3.05) is 7.11 Å². The summed E-state index contributed by atoms with van der Waals surface area (Å²) in [4.78, 5) is 0. The Balaban J connectivity index is 1.84. The summed E-state index contributed by atoms with van der Waals surface area (Å²) >= 11 is 0. The lowest BCUT2D eigenvalue weighted by atomic mass is 9.85. The zero-order valence-electron chi connectivity index (χ0n) is 15.9. The molecule has 1 aromatic heterocycles. The van der Waals surface area contributed by atoms with E-state index in [1.807, 2.05) is 30.1 Å². The van der Waals surface area contributed by atoms with Crippen LogP contribution < -0.4 is 10.1 Å². The highest BCUT2D eigenvalue weighted by molar-refractivity contribution is 5.49. The van der Waals surface area contributed by atoms with Crippen LogP contribution in [-0.2, 0) is 25.4 Å². The highest BCUT2D eigenvalue weighted by atomic mass is 16.5. The molecule has 0 amide bonds. The van der Waals surface area contributed by atoms with Gasteiger partial charge in [0.2, 0.25) is 0 Å². The van der Waals surface area contributed by atoms with Crippen LogP contribution in [0.2, 0.25) is 0 Å². The molecule has 1 heterocycles. The third-order valence-corrected chi connectivity index (χ3v) is 5.12. The Hall–Kier alpha value is -2.01. The van der Waals surface area contributed by atoms with Gasteiger partial charge >= 0.3 is 0 Å². The van der Waals surface area contributed by atoms with Crippen LogP contribution in [0.15, 0.2) is 18.3 Å². The molecular formula is C20H29N3O2. The number of phenolic OH excluding ortho intramolecular Hbond substituents is 1. The van der Waals surface area contributed by atoms with Gasteiger partial charge < -0.3 is 15.2 Å². The standard InChI is InChI=1S/C20H29N3O2/c1-20(2,3)16-10-14(25-5)9-13(19(16)24)11-21-17-7-6-8-18-15(17)12-22-23(18)4/h9-10,12,17,21,24H,6-8,11H2,1-5H3. The van der Waals surface area contributed by atoms with Crippen molar-refractivity contribution in [1.29, 1.82) is 0 Å². The highest BCUT2D eigenvalue weighted by Crippen LogP contribution is 2.37. The molecule has 2 aromatic rings. The molecule has 0 saturated heterocycles. The van der Waals surface area contributed by atoms with E-state index in [4.69, 9.17) is 4.74 Å². The van der Waals surface area contributed by atoms with Gasteiger partial charge in [0.05, 0.1) is 13.3 Å². The summed E-state index contributed by atoms with van der Waals surface area (Å²) in [6.07, 6.45) is 5.30. The van der Waals surface area contributed by atoms with Crippen LogP contribution in [0.3, 0.4) is 0 Å². The van der Waals surface area contributed by atoms with Gasteiger partial charge in [-0.05, 0) is 36.8 Å². The van der Waals surface area contributed by atoms with Crippen LogP contribution in [0.25, 0.3) is 0 Å². The maximum Gasteiger partial charge on any atom is 0.124 e. The average Bonchev–Trinajstić information content (AvgIpc) is 2.95. The second-order valence-electron chi connectivity index (χ2n) is 7.93. The quantitative estimate of drug-likeness (QED) is 0.890. The molecule has 1 unspecified atom stereocenters. The van der Waals surface area contributed by atoms with E-state index in [2.05, 4.69) is 31.2 Å². The third-order valence-electron chi connectivity index (χ3n) is 5.12. The van der Waals surface area contributed by atoms with Crippen LogP contribution in [0, 0.1) is 0 Å². The Bertz CT molecular complexity index is 759. The maximum absolute atomic E-state index is 10.8. The summed E-state index contributed by atoms with van der Waals surface area (Å²) in [6, 6.07) is 4.13. The van der Waals surface area contributed by atoms with Gasteiger partial charge in [-0.15, -0.1) is 0 Å². The number of aryl methyl sites for hydroxylation is 1. The van der Waals surface area contributed by atoms with E-state index in [0.29, 0.717) is 12.3 Å². The van der Waals surface area contributed by atoms with Crippen molar-refractivity contribution in [3.8, 4) is 11.5 Å². The van der Waals surface area contributed by atoms with Gasteiger partial charge in [0.1, 0.15) is 11.5 Å². The number of hydrogen-bond donors (Lipinski definition) is 2. The summed E-state index contributed by atoms with van der Waals surface area (Å²) in [5, 5.41) is 18.8. The molecule has 0 aliphatic heterocycles. The van der Waals surface area contributed by atoms with E-state index in [0.717, 1.165) is 36.1 Å². The summed E-state index contributed by atoms with van der Waals surface area (Å²) in [6.45, 7) is 6.90. The summed E-state index contributed by atoms with van der Waals surface area (Å²) in [5.41, 5.74) is 4.24. The van der Waals surface area contributed by atoms with Gasteiger partial charge in [-0.2, -0.15) is 5.10 Å². The SMILES string of the molecule is COc1cc(CNC2CCCc3c2cnn3C)c(O)c(C(C)(C)C)c1. The molecule has 0 saturated carbocycles. The number of hydrogen-bond acceptors (Lipinski definition) is 4. The molecule has 1 aromatic carbocycles. The zero-order valence-corrected chi connectivity index (χ0v) is 15.9. The lowest BCUT2D eigenvalue weighted by Crippen LogP contribution is -2.25. The average molecular weight is 343 g/mol. The van der Waals surface area contributed by atoms with E-state index in [1.165, 1.54) is 11.3 Å². The summed E-state index contributed by atoms with van der Waals surface area (Å²) in [5.74, 6) is 1.15. The fourth-order valence-corrected chi connectivity index (χ4v) is 3.64. The van der Waals surface area contributed by atoms with Crippen LogP contribution in [0.1, 0.15) is 62.0 Å². The number of aromatic nitrogens is 2. The van der Waals surface area contributed by atoms with E-state index < -0.39 is 0 Å². The third kappa shape index (κ3) is 3.52. The Morgan fingerprint density at radius 2 is 2.12 bits per heavy atom. The molecule has 1 aliphatic rings. The first-order valence-electron chi connectivity index (χ1n) is 8.95. The number of phenols is 1. The molecule has 5 heteroatoms. The van der Waals surface area contributed by atoms with Crippen molar-refractivity contribution < 1.29 is 9.84 Å². The number of rotatable bonds is 4. The molecule has 25 heavy (non-hydrogen) atoms. The van der Waals surface area contributed by atoms with Crippen LogP contribution in [0.4, 0.5) is 0 Å². The molecule has 3 rings (SSSR count). The van der Waals surface area contributed by atoms with Crippen LogP contribution in [0.5, 0.6) is 11.5 Å². The first-order chi connectivity index (χ1) is 11.8. The minimum atomic E-state index is -0.144. The minimum Gasteiger partial charge on any atom is -0.507 e. The number of nitrogens with one attached hydrogen (secondary N) is 1. The molecular weight excluding hydrogens is 314 g/mol. The first kappa shape index (κ1) is 17.8. The number of methoxy groups -OCH3 is 1. The first-order valence-corrected chi connectivity index (χ1v) is 8.95. The van der Waals surface area contributed by atoms with Gasteiger partial charge in [0.25, 0.3) is 0 Å². The van der Waals surface area contributed by atoms with E-state index >= 15 is 0 Å². The Morgan fingerprint density at radius 1 is 1.36 bits per heavy atom. The van der Waals surface area contributed by atoms with Gasteiger partial charge in [0.15, 0.2) is 0 Å². The topological polar surface area (TPSA) is 59.3 Å². The number of fused-ring (bicyclic) bond motifs is 1. The highest BCUT2D eigenvalue weighted by Gasteiger charge is 2.25. The number of benzene rings is 1. The zero-order chi connectivity index (χ0) is 18.2. The van der Waals surface area contributed by atoms with E-state index in [-0.39, 0.29) is 11.5 Å². The van der Waals surface area contributed by atoms with Gasteiger partial charge in [0, 0.05) is 42.0 Å². The van der Waals surface area contributed by atoms with E-state index in [9.17, 15) is 5.11 Å². The van der Waals surface area contributed by atoms with Crippen molar-refractivity contribution in [2.24, 2.45) is 7.05 Å². The normalized spacial score (nSPS) is 17.4. The predicted molar refractivity (Wildman–Crippen MR) is 99.1 cm³/mol. The Morgan fingerprint density at radius 3 is 2.80 bits per heavy atom. The maximum atomic E-state index is 10.8. The monoisotopic (exact) mass is 343 g/mol. The van der Waals surface area contributed by atoms with Crippen molar-refractivity contribution in [3.05, 3.63) is 40.7 Å². The molecule has 2 N–H and O–H groups in total. The molecule has 0 fully saturated rings. The largest absolute Gasteiger partial charge is 0.507 e. The molecule has 0 bridgehead atoms. The van der Waals surface area contributed by atoms with Crippen LogP contribution in [-0.4, -0.2) is 22.0 Å². The molecule has 1 atom stereocenters. The molecule has 5 nitrogen and oxygen atoms in total. The molecule has 136 valence electrons. The molecule has 0 spiro atoms. The summed E-state index contributed by atoms with van der Waals surface area (Å²) < 4.78 is 7.42. The lowest BCUT2D eigenvalue weighted by Gasteiger charge is -2.26. The minimum absolute atomic E-state index is 0.144. The number of aromatic hydroxyl groups is 1. The Kier molecular flexibility index (Phi) is 4.78. The van der Waals surface area contributed by atoms with E-state index in [1.54, 1.807) is 7.11 Å². The smallest absolute Gasteiger partial charge is 0.124 e. The molecule has 1 aliphatic carbocycles. The molecule has 0 radical (unpaired) electrons. The fraction of sp³-hybridized carbons (Fsp3) is 0.550. The Labute approximate surface area is 150 Å². The van der Waals surface area contributed by atoms with Crippen molar-refractivity contribution in [2.45, 2.75) is 58.0 Å². The lowest BCUT2D eigenvalue weighted by molar-refractivity contribution is 0.397. The van der Waals surface area contributed by atoms with Gasteiger partial charge in [-0.3, -0.25) is 4.68 Å². The van der Waals surface area contributed by atoms with Gasteiger partial charge in [-0.1, -0.05) is 20.8 Å². The fourth-order valence-electron chi connectivity index (χ4n) is 3.64. The second-order valence-corrected chi connectivity index (χ2v) is 7.93. The van der Waals surface area contributed by atoms with Crippen molar-refractivity contribution >= 4 is 0 Å². The summed E-state index contributed by atoms with van der Waals surface area (Å²) in [7, 11) is 3.67. The second kappa shape index (κ2) is 6.71. The predicted octanol–water partition coefficient (Wildman–Crippen LogP) is 3.60. The van der Waals surface area contributed by atoms with Crippen molar-refractivity contribution in [1.82, 2.24) is 15.1 Å². The number of nitrogens with zero attached hydrogens (tertiary/aromatic N) is 2. The van der Waals surface area contributed by atoms with Crippen LogP contribution >= 0.6 is 0 Å². The number of ether oxygens (including phenoxy) is 1. The van der Waals surface area contributed by atoms with Gasteiger partial charge in [-0.25, -0.2) is 0 Å².